The molecule has 0 atom stereocenters. The first-order valence-electron chi connectivity index (χ1n) is 5.90. The van der Waals surface area contributed by atoms with Gasteiger partial charge in [0.05, 0.1) is 0 Å². The molecule has 0 spiro atoms. The summed E-state index contributed by atoms with van der Waals surface area (Å²) in [6.45, 7) is 4.14. The average Bonchev–Trinajstić information content (AvgIpc) is 2.40. The molecular weight excluding hydrogens is 318 g/mol. The first-order valence-corrected chi connectivity index (χ1v) is 7.22. The van der Waals surface area contributed by atoms with E-state index >= 15 is 0 Å². The Morgan fingerprint density at radius 3 is 2.61 bits per heavy atom. The lowest BCUT2D eigenvalue weighted by atomic mass is 10.2. The van der Waals surface area contributed by atoms with Gasteiger partial charge < -0.3 is 4.90 Å². The molecule has 2 rings (SSSR count). The van der Waals surface area contributed by atoms with E-state index in [-0.39, 0.29) is 5.91 Å². The summed E-state index contributed by atoms with van der Waals surface area (Å²) in [4.78, 5) is 20.4. The van der Waals surface area contributed by atoms with Crippen molar-refractivity contribution in [2.24, 2.45) is 0 Å². The minimum Gasteiger partial charge on any atom is -0.335 e. The van der Waals surface area contributed by atoms with Crippen LogP contribution in [-0.4, -0.2) is 59.3 Å². The molecule has 0 bridgehead atoms. The number of nitrogens with zero attached hydrogens (tertiary/aromatic N) is 3. The molecule has 0 N–H and O–H groups in total. The van der Waals surface area contributed by atoms with E-state index < -0.39 is 0 Å². The van der Waals surface area contributed by atoms with Crippen LogP contribution in [-0.2, 0) is 0 Å². The van der Waals surface area contributed by atoms with Crippen molar-refractivity contribution in [1.29, 1.82) is 0 Å². The Kier molecular flexibility index (Phi) is 4.97. The highest BCUT2D eigenvalue weighted by molar-refractivity contribution is 9.10. The Bertz CT molecular complexity index is 404. The van der Waals surface area contributed by atoms with Gasteiger partial charge in [0.2, 0.25) is 0 Å². The maximum atomic E-state index is 12.2. The second kappa shape index (κ2) is 6.50. The molecule has 6 heteroatoms. The summed E-state index contributed by atoms with van der Waals surface area (Å²) in [5.74, 6) is 0.649. The van der Waals surface area contributed by atoms with Crippen LogP contribution in [0.15, 0.2) is 22.8 Å². The quantitative estimate of drug-likeness (QED) is 0.793. The van der Waals surface area contributed by atoms with Crippen LogP contribution >= 0.6 is 27.5 Å². The number of carbonyl (C=O) groups excluding carboxylic acids is 1. The number of rotatable bonds is 3. The van der Waals surface area contributed by atoms with Crippen LogP contribution < -0.4 is 0 Å². The van der Waals surface area contributed by atoms with Crippen LogP contribution in [0.1, 0.15) is 10.5 Å². The number of hydrogen-bond acceptors (Lipinski definition) is 3. The van der Waals surface area contributed by atoms with Gasteiger partial charge in [-0.3, -0.25) is 9.69 Å². The Hall–Kier alpha value is -0.650. The molecule has 1 saturated heterocycles. The Morgan fingerprint density at radius 2 is 2.06 bits per heavy atom. The third-order valence-electron chi connectivity index (χ3n) is 3.01. The van der Waals surface area contributed by atoms with Crippen LogP contribution in [0.2, 0.25) is 0 Å². The lowest BCUT2D eigenvalue weighted by molar-refractivity contribution is 0.0638. The molecule has 0 saturated carbocycles. The van der Waals surface area contributed by atoms with Crippen molar-refractivity contribution in [2.75, 3.05) is 38.6 Å². The predicted molar refractivity (Wildman–Crippen MR) is 75.0 cm³/mol. The maximum absolute atomic E-state index is 12.2. The largest absolute Gasteiger partial charge is 0.335 e. The number of pyridine rings is 1. The second-order valence-electron chi connectivity index (χ2n) is 4.18. The number of alkyl halides is 1. The summed E-state index contributed by atoms with van der Waals surface area (Å²) in [6.07, 6.45) is 1.65. The molecule has 18 heavy (non-hydrogen) atoms. The van der Waals surface area contributed by atoms with Gasteiger partial charge in [0.1, 0.15) is 5.69 Å². The van der Waals surface area contributed by atoms with Crippen LogP contribution in [0, 0.1) is 0 Å². The first kappa shape index (κ1) is 13.8. The molecule has 98 valence electrons. The highest BCUT2D eigenvalue weighted by Gasteiger charge is 2.22. The van der Waals surface area contributed by atoms with Crippen molar-refractivity contribution in [1.82, 2.24) is 14.8 Å². The Balaban J connectivity index is 1.93. The molecule has 0 radical (unpaired) electrons. The van der Waals surface area contributed by atoms with Gasteiger partial charge in [-0.05, 0) is 28.1 Å². The Labute approximate surface area is 120 Å². The summed E-state index contributed by atoms with van der Waals surface area (Å²) in [5, 5.41) is 0. The number of amides is 1. The van der Waals surface area contributed by atoms with Gasteiger partial charge in [-0.2, -0.15) is 0 Å². The van der Waals surface area contributed by atoms with Gasteiger partial charge >= 0.3 is 0 Å². The van der Waals surface area contributed by atoms with Crippen LogP contribution in [0.3, 0.4) is 0 Å². The SMILES string of the molecule is O=C(c1ccc(Br)cn1)N1CCN(CCCl)CC1. The van der Waals surface area contributed by atoms with E-state index in [0.29, 0.717) is 11.6 Å². The summed E-state index contributed by atoms with van der Waals surface area (Å²) >= 11 is 9.02. The zero-order valence-corrected chi connectivity index (χ0v) is 12.3. The normalized spacial score (nSPS) is 16.9. The van der Waals surface area contributed by atoms with E-state index in [1.807, 2.05) is 11.0 Å². The van der Waals surface area contributed by atoms with Gasteiger partial charge in [0.25, 0.3) is 5.91 Å². The van der Waals surface area contributed by atoms with E-state index in [1.165, 1.54) is 0 Å². The molecule has 0 unspecified atom stereocenters. The number of carbonyl (C=O) groups is 1. The van der Waals surface area contributed by atoms with Crippen LogP contribution in [0.4, 0.5) is 0 Å². The van der Waals surface area contributed by atoms with Crippen molar-refractivity contribution in [3.05, 3.63) is 28.5 Å². The van der Waals surface area contributed by atoms with Crippen LogP contribution in [0.25, 0.3) is 0 Å². The summed E-state index contributed by atoms with van der Waals surface area (Å²) < 4.78 is 0.881. The molecule has 1 amide bonds. The lowest BCUT2D eigenvalue weighted by Crippen LogP contribution is -2.49. The molecule has 0 aromatic carbocycles. The highest BCUT2D eigenvalue weighted by Crippen LogP contribution is 2.11. The van der Waals surface area contributed by atoms with Gasteiger partial charge in [-0.1, -0.05) is 0 Å². The summed E-state index contributed by atoms with van der Waals surface area (Å²) in [6, 6.07) is 3.58. The Morgan fingerprint density at radius 1 is 1.33 bits per heavy atom. The van der Waals surface area contributed by atoms with Crippen LogP contribution in [0.5, 0.6) is 0 Å². The van der Waals surface area contributed by atoms with E-state index in [0.717, 1.165) is 37.2 Å². The minimum absolute atomic E-state index is 0.00743. The number of piperazine rings is 1. The number of halogens is 2. The van der Waals surface area contributed by atoms with Crippen molar-refractivity contribution in [3.63, 3.8) is 0 Å². The third kappa shape index (κ3) is 3.43. The fourth-order valence-corrected chi connectivity index (χ4v) is 2.43. The fraction of sp³-hybridized carbons (Fsp3) is 0.500. The van der Waals surface area contributed by atoms with Gasteiger partial charge in [0.15, 0.2) is 0 Å². The molecule has 0 aliphatic carbocycles. The predicted octanol–water partition coefficient (Wildman–Crippen LogP) is 1.84. The average molecular weight is 333 g/mol. The highest BCUT2D eigenvalue weighted by atomic mass is 79.9. The smallest absolute Gasteiger partial charge is 0.272 e. The standard InChI is InChI=1S/C12H15BrClN3O/c13-10-1-2-11(15-9-10)12(18)17-7-5-16(4-3-14)6-8-17/h1-2,9H,3-8H2. The molecule has 1 aliphatic rings. The molecule has 1 fully saturated rings. The van der Waals surface area contributed by atoms with Crippen molar-refractivity contribution in [2.45, 2.75) is 0 Å². The molecule has 2 heterocycles. The molecular formula is C12H15BrClN3O. The maximum Gasteiger partial charge on any atom is 0.272 e. The van der Waals surface area contributed by atoms with Crippen molar-refractivity contribution < 1.29 is 4.79 Å². The lowest BCUT2D eigenvalue weighted by Gasteiger charge is -2.34. The summed E-state index contributed by atoms with van der Waals surface area (Å²) in [7, 11) is 0. The summed E-state index contributed by atoms with van der Waals surface area (Å²) in [5.41, 5.74) is 0.504. The fourth-order valence-electron chi connectivity index (χ4n) is 1.96. The van der Waals surface area contributed by atoms with E-state index in [4.69, 9.17) is 11.6 Å². The van der Waals surface area contributed by atoms with Crippen molar-refractivity contribution in [3.8, 4) is 0 Å². The topological polar surface area (TPSA) is 36.4 Å². The second-order valence-corrected chi connectivity index (χ2v) is 5.48. The zero-order valence-electron chi connectivity index (χ0n) is 9.98. The molecule has 1 aromatic heterocycles. The van der Waals surface area contributed by atoms with Gasteiger partial charge in [0, 0.05) is 49.3 Å². The van der Waals surface area contributed by atoms with Gasteiger partial charge in [-0.15, -0.1) is 11.6 Å². The monoisotopic (exact) mass is 331 g/mol. The first-order chi connectivity index (χ1) is 8.70. The minimum atomic E-state index is 0.00743. The van der Waals surface area contributed by atoms with Gasteiger partial charge in [-0.25, -0.2) is 4.98 Å². The van der Waals surface area contributed by atoms with Crippen molar-refractivity contribution >= 4 is 33.4 Å². The van der Waals surface area contributed by atoms with E-state index in [2.05, 4.69) is 25.8 Å². The number of aromatic nitrogens is 1. The van der Waals surface area contributed by atoms with E-state index in [9.17, 15) is 4.79 Å². The third-order valence-corrected chi connectivity index (χ3v) is 3.64. The molecule has 1 aromatic rings. The molecule has 4 nitrogen and oxygen atoms in total. The molecule has 1 aliphatic heterocycles. The number of hydrogen-bond donors (Lipinski definition) is 0. The van der Waals surface area contributed by atoms with E-state index in [1.54, 1.807) is 12.3 Å². The zero-order chi connectivity index (χ0) is 13.0.